The highest BCUT2D eigenvalue weighted by atomic mass is 16.8. The van der Waals surface area contributed by atoms with Crippen LogP contribution in [-0.4, -0.2) is 28.8 Å². The van der Waals surface area contributed by atoms with Gasteiger partial charge in [-0.25, -0.2) is 4.79 Å². The molecule has 0 atom stereocenters. The molecule has 2 rings (SSSR count). The van der Waals surface area contributed by atoms with Gasteiger partial charge in [0.05, 0.1) is 0 Å². The van der Waals surface area contributed by atoms with Crippen LogP contribution in [0.5, 0.6) is 5.75 Å². The van der Waals surface area contributed by atoms with Crippen LogP contribution in [0, 0.1) is 0 Å². The summed E-state index contributed by atoms with van der Waals surface area (Å²) in [6.07, 6.45) is -1.16. The van der Waals surface area contributed by atoms with E-state index in [-0.39, 0.29) is 24.4 Å². The highest BCUT2D eigenvalue weighted by Gasteiger charge is 2.33. The SMILES string of the molecule is CC(=O)c1ccc(OC(=O)ON2C(=O)CCC2=O)cc1. The summed E-state index contributed by atoms with van der Waals surface area (Å²) in [5, 5.41) is 0.395. The minimum absolute atomic E-state index is 0.0133. The summed E-state index contributed by atoms with van der Waals surface area (Å²) >= 11 is 0. The van der Waals surface area contributed by atoms with E-state index < -0.39 is 18.0 Å². The van der Waals surface area contributed by atoms with Crippen LogP contribution in [0.1, 0.15) is 30.1 Å². The van der Waals surface area contributed by atoms with Crippen molar-refractivity contribution in [2.75, 3.05) is 0 Å². The average molecular weight is 277 g/mol. The lowest BCUT2D eigenvalue weighted by Gasteiger charge is -2.12. The van der Waals surface area contributed by atoms with Crippen LogP contribution in [0.15, 0.2) is 24.3 Å². The number of ether oxygens (including phenoxy) is 1. The molecule has 1 saturated heterocycles. The molecule has 0 spiro atoms. The van der Waals surface area contributed by atoms with E-state index in [2.05, 4.69) is 4.84 Å². The molecule has 0 aliphatic carbocycles. The monoisotopic (exact) mass is 277 g/mol. The molecule has 104 valence electrons. The highest BCUT2D eigenvalue weighted by Crippen LogP contribution is 2.16. The molecule has 1 aromatic carbocycles. The Kier molecular flexibility index (Phi) is 3.79. The van der Waals surface area contributed by atoms with E-state index in [1.807, 2.05) is 0 Å². The summed E-state index contributed by atoms with van der Waals surface area (Å²) in [5.41, 5.74) is 0.468. The number of hydrogen-bond donors (Lipinski definition) is 0. The number of amides is 2. The van der Waals surface area contributed by atoms with Gasteiger partial charge in [0.25, 0.3) is 11.8 Å². The van der Waals surface area contributed by atoms with Crippen molar-refractivity contribution in [3.63, 3.8) is 0 Å². The van der Waals surface area contributed by atoms with E-state index in [4.69, 9.17) is 4.74 Å². The minimum Gasteiger partial charge on any atom is -0.393 e. The molecule has 0 saturated carbocycles. The van der Waals surface area contributed by atoms with Crippen molar-refractivity contribution in [3.05, 3.63) is 29.8 Å². The van der Waals surface area contributed by atoms with Gasteiger partial charge in [0.2, 0.25) is 0 Å². The fourth-order valence-electron chi connectivity index (χ4n) is 1.60. The Morgan fingerprint density at radius 1 is 1.05 bits per heavy atom. The molecule has 1 aliphatic heterocycles. The first-order valence-electron chi connectivity index (χ1n) is 5.84. The molecule has 1 aliphatic rings. The van der Waals surface area contributed by atoms with Gasteiger partial charge in [0.1, 0.15) is 5.75 Å². The largest absolute Gasteiger partial charge is 0.539 e. The van der Waals surface area contributed by atoms with Crippen molar-refractivity contribution < 1.29 is 28.8 Å². The van der Waals surface area contributed by atoms with Gasteiger partial charge in [-0.2, -0.15) is 0 Å². The lowest BCUT2D eigenvalue weighted by molar-refractivity contribution is -0.174. The fraction of sp³-hybridized carbons (Fsp3) is 0.231. The standard InChI is InChI=1S/C13H11NO6/c1-8(15)9-2-4-10(5-3-9)19-13(18)20-14-11(16)6-7-12(14)17/h2-5H,6-7H2,1H3. The van der Waals surface area contributed by atoms with Crippen molar-refractivity contribution in [1.82, 2.24) is 5.06 Å². The van der Waals surface area contributed by atoms with Crippen LogP contribution in [-0.2, 0) is 14.4 Å². The Bertz CT molecular complexity index is 561. The van der Waals surface area contributed by atoms with E-state index in [0.717, 1.165) is 0 Å². The number of carbonyl (C=O) groups is 4. The zero-order valence-electron chi connectivity index (χ0n) is 10.6. The Hall–Kier alpha value is -2.70. The predicted octanol–water partition coefficient (Wildman–Crippen LogP) is 1.47. The molecular weight excluding hydrogens is 266 g/mol. The summed E-state index contributed by atoms with van der Waals surface area (Å²) in [5.74, 6) is -1.15. The van der Waals surface area contributed by atoms with E-state index >= 15 is 0 Å². The summed E-state index contributed by atoms with van der Waals surface area (Å²) < 4.78 is 4.79. The van der Waals surface area contributed by atoms with E-state index in [9.17, 15) is 19.2 Å². The lowest BCUT2D eigenvalue weighted by Crippen LogP contribution is -2.33. The molecule has 7 nitrogen and oxygen atoms in total. The van der Waals surface area contributed by atoms with Crippen molar-refractivity contribution in [1.29, 1.82) is 0 Å². The first-order chi connectivity index (χ1) is 9.47. The Balaban J connectivity index is 1.96. The molecule has 0 N–H and O–H groups in total. The van der Waals surface area contributed by atoms with Crippen molar-refractivity contribution >= 4 is 23.8 Å². The van der Waals surface area contributed by atoms with Crippen LogP contribution >= 0.6 is 0 Å². The summed E-state index contributed by atoms with van der Waals surface area (Å²) in [4.78, 5) is 49.5. The number of ketones is 1. The summed E-state index contributed by atoms with van der Waals surface area (Å²) in [6, 6.07) is 5.78. The zero-order chi connectivity index (χ0) is 14.7. The second-order valence-corrected chi connectivity index (χ2v) is 4.11. The van der Waals surface area contributed by atoms with E-state index in [0.29, 0.717) is 10.6 Å². The average Bonchev–Trinajstić information content (AvgIpc) is 2.71. The minimum atomic E-state index is -1.19. The van der Waals surface area contributed by atoms with E-state index in [1.54, 1.807) is 0 Å². The number of nitrogens with zero attached hydrogens (tertiary/aromatic N) is 1. The number of rotatable bonds is 3. The number of Topliss-reactive ketones (excluding diaryl/α,β-unsaturated/α-hetero) is 1. The predicted molar refractivity (Wildman–Crippen MR) is 64.6 cm³/mol. The van der Waals surface area contributed by atoms with Crippen LogP contribution in [0.25, 0.3) is 0 Å². The molecule has 2 amide bonds. The molecule has 7 heteroatoms. The Morgan fingerprint density at radius 3 is 2.10 bits per heavy atom. The molecule has 1 fully saturated rings. The number of benzene rings is 1. The molecule has 0 aromatic heterocycles. The van der Waals surface area contributed by atoms with Crippen LogP contribution in [0.2, 0.25) is 0 Å². The van der Waals surface area contributed by atoms with Crippen LogP contribution in [0.3, 0.4) is 0 Å². The van der Waals surface area contributed by atoms with Gasteiger partial charge in [-0.05, 0) is 31.2 Å². The fourth-order valence-corrected chi connectivity index (χ4v) is 1.60. The van der Waals surface area contributed by atoms with Crippen molar-refractivity contribution in [2.24, 2.45) is 0 Å². The van der Waals surface area contributed by atoms with Gasteiger partial charge in [-0.15, -0.1) is 0 Å². The zero-order valence-corrected chi connectivity index (χ0v) is 10.6. The number of imide groups is 1. The third-order valence-corrected chi connectivity index (χ3v) is 2.63. The normalized spacial score (nSPS) is 14.3. The quantitative estimate of drug-likeness (QED) is 0.359. The van der Waals surface area contributed by atoms with Gasteiger partial charge in [0.15, 0.2) is 5.78 Å². The highest BCUT2D eigenvalue weighted by molar-refractivity contribution is 6.01. The van der Waals surface area contributed by atoms with Gasteiger partial charge in [-0.1, -0.05) is 5.06 Å². The molecule has 0 unspecified atom stereocenters. The van der Waals surface area contributed by atoms with Crippen molar-refractivity contribution in [3.8, 4) is 5.75 Å². The first kappa shape index (κ1) is 13.7. The lowest BCUT2D eigenvalue weighted by atomic mass is 10.1. The molecule has 20 heavy (non-hydrogen) atoms. The smallest absolute Gasteiger partial charge is 0.393 e. The third kappa shape index (κ3) is 3.00. The maximum absolute atomic E-state index is 11.4. The first-order valence-corrected chi connectivity index (χ1v) is 5.84. The molecule has 0 bridgehead atoms. The topological polar surface area (TPSA) is 90.0 Å². The molecule has 1 heterocycles. The van der Waals surface area contributed by atoms with E-state index in [1.165, 1.54) is 31.2 Å². The maximum Gasteiger partial charge on any atom is 0.539 e. The third-order valence-electron chi connectivity index (χ3n) is 2.63. The number of hydroxylamine groups is 2. The van der Waals surface area contributed by atoms with Crippen molar-refractivity contribution in [2.45, 2.75) is 19.8 Å². The van der Waals surface area contributed by atoms with Gasteiger partial charge >= 0.3 is 6.16 Å². The Labute approximate surface area is 114 Å². The molecule has 1 aromatic rings. The summed E-state index contributed by atoms with van der Waals surface area (Å²) in [7, 11) is 0. The second kappa shape index (κ2) is 5.52. The number of carbonyl (C=O) groups excluding carboxylic acids is 4. The second-order valence-electron chi connectivity index (χ2n) is 4.11. The molecule has 0 radical (unpaired) electrons. The number of hydrogen-bond acceptors (Lipinski definition) is 6. The molecular formula is C13H11NO6. The Morgan fingerprint density at radius 2 is 1.60 bits per heavy atom. The van der Waals surface area contributed by atoms with Crippen LogP contribution < -0.4 is 4.74 Å². The van der Waals surface area contributed by atoms with Gasteiger partial charge < -0.3 is 4.74 Å². The van der Waals surface area contributed by atoms with Gasteiger partial charge in [0, 0.05) is 18.4 Å². The van der Waals surface area contributed by atoms with Crippen LogP contribution in [0.4, 0.5) is 4.79 Å². The maximum atomic E-state index is 11.4. The van der Waals surface area contributed by atoms with Gasteiger partial charge in [-0.3, -0.25) is 19.2 Å². The summed E-state index contributed by atoms with van der Waals surface area (Å²) in [6.45, 7) is 1.41.